The molecule has 18 heavy (non-hydrogen) atoms. The van der Waals surface area contributed by atoms with Crippen LogP contribution in [-0.2, 0) is 0 Å². The van der Waals surface area contributed by atoms with E-state index in [0.29, 0.717) is 0 Å². The molecule has 2 aromatic heterocycles. The molecule has 0 aliphatic carbocycles. The highest BCUT2D eigenvalue weighted by Gasteiger charge is 2.08. The third kappa shape index (κ3) is 1.72. The average Bonchev–Trinajstić information content (AvgIpc) is 2.84. The number of rotatable bonds is 2. The van der Waals surface area contributed by atoms with Gasteiger partial charge >= 0.3 is 0 Å². The van der Waals surface area contributed by atoms with Gasteiger partial charge in [0.05, 0.1) is 12.6 Å². The molecule has 0 aliphatic rings. The van der Waals surface area contributed by atoms with Gasteiger partial charge in [0, 0.05) is 11.8 Å². The van der Waals surface area contributed by atoms with Crippen molar-refractivity contribution in [2.45, 2.75) is 6.92 Å². The second kappa shape index (κ2) is 4.14. The van der Waals surface area contributed by atoms with Crippen LogP contribution in [0, 0.1) is 6.92 Å². The summed E-state index contributed by atoms with van der Waals surface area (Å²) in [6, 6.07) is 9.77. The van der Waals surface area contributed by atoms with E-state index in [1.807, 2.05) is 37.3 Å². The summed E-state index contributed by atoms with van der Waals surface area (Å²) in [6.07, 6.45) is 1.77. The lowest BCUT2D eigenvalue weighted by atomic mass is 10.2. The molecule has 0 saturated heterocycles. The van der Waals surface area contributed by atoms with Gasteiger partial charge in [-0.05, 0) is 30.7 Å². The Hall–Kier alpha value is -2.36. The van der Waals surface area contributed by atoms with Crippen molar-refractivity contribution < 1.29 is 4.74 Å². The average molecular weight is 239 g/mol. The number of hydrogen-bond acceptors (Lipinski definition) is 3. The molecule has 2 heterocycles. The summed E-state index contributed by atoms with van der Waals surface area (Å²) < 4.78 is 5.22. The maximum absolute atomic E-state index is 5.22. The van der Waals surface area contributed by atoms with E-state index in [4.69, 9.17) is 4.74 Å². The summed E-state index contributed by atoms with van der Waals surface area (Å²) >= 11 is 0. The van der Waals surface area contributed by atoms with Gasteiger partial charge in [0.2, 0.25) is 0 Å². The predicted molar refractivity (Wildman–Crippen MR) is 70.6 cm³/mol. The largest absolute Gasteiger partial charge is 0.497 e. The summed E-state index contributed by atoms with van der Waals surface area (Å²) in [4.78, 5) is 12.1. The quantitative estimate of drug-likeness (QED) is 0.748. The number of aromatic amines is 1. The molecule has 0 amide bonds. The second-order valence-corrected chi connectivity index (χ2v) is 4.14. The molecule has 90 valence electrons. The van der Waals surface area contributed by atoms with Crippen LogP contribution in [0.3, 0.4) is 0 Å². The monoisotopic (exact) mass is 239 g/mol. The second-order valence-electron chi connectivity index (χ2n) is 4.14. The molecule has 0 atom stereocenters. The molecular formula is C14H13N3O. The smallest absolute Gasteiger partial charge is 0.178 e. The first kappa shape index (κ1) is 10.8. The Morgan fingerprint density at radius 3 is 2.89 bits per heavy atom. The molecule has 0 saturated carbocycles. The van der Waals surface area contributed by atoms with Gasteiger partial charge in [0.25, 0.3) is 0 Å². The minimum Gasteiger partial charge on any atom is -0.497 e. The molecule has 0 unspecified atom stereocenters. The van der Waals surface area contributed by atoms with Gasteiger partial charge < -0.3 is 9.72 Å². The van der Waals surface area contributed by atoms with Crippen LogP contribution in [0.5, 0.6) is 5.75 Å². The molecule has 4 heteroatoms. The van der Waals surface area contributed by atoms with Crippen molar-refractivity contribution in [3.63, 3.8) is 0 Å². The zero-order chi connectivity index (χ0) is 12.5. The summed E-state index contributed by atoms with van der Waals surface area (Å²) in [5, 5.41) is 0. The Bertz CT molecular complexity index is 703. The van der Waals surface area contributed by atoms with E-state index < -0.39 is 0 Å². The van der Waals surface area contributed by atoms with Crippen LogP contribution in [0.15, 0.2) is 36.5 Å². The van der Waals surface area contributed by atoms with E-state index >= 15 is 0 Å². The number of imidazole rings is 1. The van der Waals surface area contributed by atoms with Crippen LogP contribution in [-0.4, -0.2) is 22.1 Å². The van der Waals surface area contributed by atoms with E-state index in [9.17, 15) is 0 Å². The van der Waals surface area contributed by atoms with E-state index in [1.165, 1.54) is 0 Å². The van der Waals surface area contributed by atoms with Gasteiger partial charge in [-0.15, -0.1) is 0 Å². The van der Waals surface area contributed by atoms with Crippen molar-refractivity contribution in [1.82, 2.24) is 15.0 Å². The highest BCUT2D eigenvalue weighted by Crippen LogP contribution is 2.24. The molecule has 1 aromatic carbocycles. The Balaban J connectivity index is 2.16. The maximum atomic E-state index is 5.22. The normalized spacial score (nSPS) is 10.8. The molecule has 3 rings (SSSR count). The summed E-state index contributed by atoms with van der Waals surface area (Å²) in [5.74, 6) is 1.63. The van der Waals surface area contributed by atoms with Crippen LogP contribution in [0.1, 0.15) is 5.56 Å². The maximum Gasteiger partial charge on any atom is 0.178 e. The Labute approximate surface area is 105 Å². The van der Waals surface area contributed by atoms with Crippen molar-refractivity contribution in [3.05, 3.63) is 42.1 Å². The van der Waals surface area contributed by atoms with Crippen LogP contribution in [0.2, 0.25) is 0 Å². The molecule has 4 nitrogen and oxygen atoms in total. The summed E-state index contributed by atoms with van der Waals surface area (Å²) in [7, 11) is 1.66. The number of benzene rings is 1. The molecular weight excluding hydrogens is 226 g/mol. The zero-order valence-electron chi connectivity index (χ0n) is 10.3. The fourth-order valence-electron chi connectivity index (χ4n) is 1.94. The van der Waals surface area contributed by atoms with Crippen LogP contribution < -0.4 is 4.74 Å². The van der Waals surface area contributed by atoms with Crippen molar-refractivity contribution in [1.29, 1.82) is 0 Å². The van der Waals surface area contributed by atoms with Crippen molar-refractivity contribution >= 4 is 11.2 Å². The number of pyridine rings is 1. The van der Waals surface area contributed by atoms with Gasteiger partial charge in [0.15, 0.2) is 5.65 Å². The van der Waals surface area contributed by atoms with Gasteiger partial charge in [-0.3, -0.25) is 0 Å². The minimum absolute atomic E-state index is 0.743. The highest BCUT2D eigenvalue weighted by molar-refractivity contribution is 5.78. The summed E-state index contributed by atoms with van der Waals surface area (Å²) in [5.41, 5.74) is 3.86. The molecule has 0 aliphatic heterocycles. The van der Waals surface area contributed by atoms with E-state index in [0.717, 1.165) is 33.9 Å². The first-order valence-electron chi connectivity index (χ1n) is 5.73. The number of aryl methyl sites for hydroxylation is 1. The number of nitrogens with zero attached hydrogens (tertiary/aromatic N) is 2. The fraction of sp³-hybridized carbons (Fsp3) is 0.143. The van der Waals surface area contributed by atoms with Crippen LogP contribution >= 0.6 is 0 Å². The lowest BCUT2D eigenvalue weighted by Gasteiger charge is -2.01. The fourth-order valence-corrected chi connectivity index (χ4v) is 1.94. The molecule has 0 fully saturated rings. The third-order valence-corrected chi connectivity index (χ3v) is 2.94. The van der Waals surface area contributed by atoms with Crippen molar-refractivity contribution in [3.8, 4) is 17.1 Å². The topological polar surface area (TPSA) is 50.8 Å². The number of aromatic nitrogens is 3. The first-order valence-corrected chi connectivity index (χ1v) is 5.73. The number of methoxy groups -OCH3 is 1. The Kier molecular flexibility index (Phi) is 2.48. The zero-order valence-corrected chi connectivity index (χ0v) is 10.3. The standard InChI is InChI=1S/C14H13N3O/c1-9-6-7-15-14-12(9)16-13(17-14)10-4-3-5-11(8-10)18-2/h3-8H,1-2H3,(H,15,16,17). The number of ether oxygens (including phenoxy) is 1. The van der Waals surface area contributed by atoms with Gasteiger partial charge in [-0.25, -0.2) is 9.97 Å². The minimum atomic E-state index is 0.743. The first-order chi connectivity index (χ1) is 8.78. The number of nitrogens with one attached hydrogen (secondary N) is 1. The lowest BCUT2D eigenvalue weighted by molar-refractivity contribution is 0.415. The van der Waals surface area contributed by atoms with E-state index in [2.05, 4.69) is 15.0 Å². The van der Waals surface area contributed by atoms with Gasteiger partial charge in [0.1, 0.15) is 11.6 Å². The SMILES string of the molecule is COc1cccc(-c2nc3nccc(C)c3[nH]2)c1. The Morgan fingerprint density at radius 1 is 1.22 bits per heavy atom. The predicted octanol–water partition coefficient (Wildman–Crippen LogP) is 2.94. The number of H-pyrrole nitrogens is 1. The molecule has 0 bridgehead atoms. The highest BCUT2D eigenvalue weighted by atomic mass is 16.5. The summed E-state index contributed by atoms with van der Waals surface area (Å²) in [6.45, 7) is 2.04. The number of fused-ring (bicyclic) bond motifs is 1. The van der Waals surface area contributed by atoms with Gasteiger partial charge in [-0.1, -0.05) is 12.1 Å². The third-order valence-electron chi connectivity index (χ3n) is 2.94. The van der Waals surface area contributed by atoms with E-state index in [1.54, 1.807) is 13.3 Å². The molecule has 3 aromatic rings. The number of hydrogen-bond donors (Lipinski definition) is 1. The van der Waals surface area contributed by atoms with Gasteiger partial charge in [-0.2, -0.15) is 0 Å². The Morgan fingerprint density at radius 2 is 2.11 bits per heavy atom. The van der Waals surface area contributed by atoms with Crippen LogP contribution in [0.4, 0.5) is 0 Å². The molecule has 0 radical (unpaired) electrons. The van der Waals surface area contributed by atoms with E-state index in [-0.39, 0.29) is 0 Å². The lowest BCUT2D eigenvalue weighted by Crippen LogP contribution is -1.84. The van der Waals surface area contributed by atoms with Crippen molar-refractivity contribution in [2.24, 2.45) is 0 Å². The molecule has 0 spiro atoms. The van der Waals surface area contributed by atoms with Crippen molar-refractivity contribution in [2.75, 3.05) is 7.11 Å². The molecule has 1 N–H and O–H groups in total. The van der Waals surface area contributed by atoms with Crippen LogP contribution in [0.25, 0.3) is 22.6 Å².